The smallest absolute Gasteiger partial charge is 0.322 e. The number of carbonyl (C=O) groups is 1. The molecule has 4 heteroatoms. The Morgan fingerprint density at radius 2 is 2.06 bits per heavy atom. The van der Waals surface area contributed by atoms with Crippen LogP contribution in [0.2, 0.25) is 0 Å². The predicted octanol–water partition coefficient (Wildman–Crippen LogP) is 1.99. The van der Waals surface area contributed by atoms with Gasteiger partial charge in [-0.25, -0.2) is 0 Å². The van der Waals surface area contributed by atoms with Crippen molar-refractivity contribution in [2.45, 2.75) is 32.9 Å². The molecular weight excluding hydrogens is 218 g/mol. The summed E-state index contributed by atoms with van der Waals surface area (Å²) in [5.41, 5.74) is 0.767. The van der Waals surface area contributed by atoms with Crippen molar-refractivity contribution in [2.24, 2.45) is 0 Å². The molecule has 0 radical (unpaired) electrons. The number of nitrogens with one attached hydrogen (secondary N) is 1. The molecule has 2 atom stereocenters. The van der Waals surface area contributed by atoms with E-state index in [1.807, 2.05) is 19.1 Å². The van der Waals surface area contributed by atoms with Crippen LogP contribution in [0.3, 0.4) is 0 Å². The lowest BCUT2D eigenvalue weighted by Crippen LogP contribution is -2.37. The van der Waals surface area contributed by atoms with Gasteiger partial charge in [0.1, 0.15) is 11.8 Å². The zero-order valence-corrected chi connectivity index (χ0v) is 10.4. The summed E-state index contributed by atoms with van der Waals surface area (Å²) in [5, 5.41) is 12.8. The highest BCUT2D eigenvalue weighted by Crippen LogP contribution is 2.23. The van der Waals surface area contributed by atoms with E-state index in [0.717, 1.165) is 5.56 Å². The maximum Gasteiger partial charge on any atom is 0.322 e. The Labute approximate surface area is 102 Å². The number of phenols is 1. The first kappa shape index (κ1) is 13.5. The van der Waals surface area contributed by atoms with E-state index in [-0.39, 0.29) is 17.8 Å². The molecule has 0 spiro atoms. The van der Waals surface area contributed by atoms with Gasteiger partial charge in [-0.15, -0.1) is 0 Å². The zero-order chi connectivity index (χ0) is 12.8. The SMILES string of the molecule is CCOC(=O)C(C)NC(C)c1ccccc1O. The maximum absolute atomic E-state index is 11.4. The number of ether oxygens (including phenoxy) is 1. The molecule has 94 valence electrons. The van der Waals surface area contributed by atoms with Crippen LogP contribution < -0.4 is 5.32 Å². The number of para-hydroxylation sites is 1. The van der Waals surface area contributed by atoms with Crippen molar-refractivity contribution in [1.29, 1.82) is 0 Å². The van der Waals surface area contributed by atoms with E-state index < -0.39 is 6.04 Å². The molecule has 17 heavy (non-hydrogen) atoms. The van der Waals surface area contributed by atoms with Gasteiger partial charge >= 0.3 is 5.97 Å². The summed E-state index contributed by atoms with van der Waals surface area (Å²) in [4.78, 5) is 11.4. The third kappa shape index (κ3) is 3.75. The minimum atomic E-state index is -0.399. The van der Waals surface area contributed by atoms with Gasteiger partial charge in [0, 0.05) is 11.6 Å². The van der Waals surface area contributed by atoms with Crippen LogP contribution in [-0.4, -0.2) is 23.7 Å². The predicted molar refractivity (Wildman–Crippen MR) is 65.8 cm³/mol. The van der Waals surface area contributed by atoms with Gasteiger partial charge in [0.05, 0.1) is 6.61 Å². The lowest BCUT2D eigenvalue weighted by atomic mass is 10.1. The minimum Gasteiger partial charge on any atom is -0.508 e. The van der Waals surface area contributed by atoms with Gasteiger partial charge in [-0.2, -0.15) is 0 Å². The molecular formula is C13H19NO3. The average Bonchev–Trinajstić information content (AvgIpc) is 2.29. The van der Waals surface area contributed by atoms with Crippen LogP contribution in [0.25, 0.3) is 0 Å². The van der Waals surface area contributed by atoms with E-state index in [9.17, 15) is 9.90 Å². The first-order valence-electron chi connectivity index (χ1n) is 5.76. The Bertz CT molecular complexity index is 379. The Hall–Kier alpha value is -1.55. The Balaban J connectivity index is 2.63. The maximum atomic E-state index is 11.4. The van der Waals surface area contributed by atoms with E-state index in [1.165, 1.54) is 0 Å². The van der Waals surface area contributed by atoms with Crippen LogP contribution in [0.5, 0.6) is 5.75 Å². The molecule has 4 nitrogen and oxygen atoms in total. The van der Waals surface area contributed by atoms with Crippen molar-refractivity contribution >= 4 is 5.97 Å². The summed E-state index contributed by atoms with van der Waals surface area (Å²) >= 11 is 0. The molecule has 1 rings (SSSR count). The van der Waals surface area contributed by atoms with Crippen molar-refractivity contribution < 1.29 is 14.6 Å². The van der Waals surface area contributed by atoms with E-state index in [0.29, 0.717) is 6.61 Å². The zero-order valence-electron chi connectivity index (χ0n) is 10.4. The number of esters is 1. The summed E-state index contributed by atoms with van der Waals surface area (Å²) in [6, 6.07) is 6.55. The van der Waals surface area contributed by atoms with Gasteiger partial charge in [-0.1, -0.05) is 18.2 Å². The summed E-state index contributed by atoms with van der Waals surface area (Å²) < 4.78 is 4.91. The van der Waals surface area contributed by atoms with E-state index in [4.69, 9.17) is 4.74 Å². The third-order valence-corrected chi connectivity index (χ3v) is 2.54. The number of hydrogen-bond donors (Lipinski definition) is 2. The number of rotatable bonds is 5. The van der Waals surface area contributed by atoms with Gasteiger partial charge < -0.3 is 9.84 Å². The van der Waals surface area contributed by atoms with Gasteiger partial charge in [0.2, 0.25) is 0 Å². The Morgan fingerprint density at radius 1 is 1.41 bits per heavy atom. The Morgan fingerprint density at radius 3 is 2.65 bits per heavy atom. The summed E-state index contributed by atoms with van der Waals surface area (Å²) in [7, 11) is 0. The van der Waals surface area contributed by atoms with E-state index in [1.54, 1.807) is 26.0 Å². The first-order valence-corrected chi connectivity index (χ1v) is 5.76. The first-order chi connectivity index (χ1) is 8.06. The molecule has 1 aromatic carbocycles. The molecule has 0 saturated carbocycles. The molecule has 0 fully saturated rings. The van der Waals surface area contributed by atoms with Crippen molar-refractivity contribution in [3.05, 3.63) is 29.8 Å². The average molecular weight is 237 g/mol. The van der Waals surface area contributed by atoms with Gasteiger partial charge in [-0.3, -0.25) is 10.1 Å². The highest BCUT2D eigenvalue weighted by Gasteiger charge is 2.18. The molecule has 2 N–H and O–H groups in total. The molecule has 0 aliphatic rings. The van der Waals surface area contributed by atoms with Gasteiger partial charge in [-0.05, 0) is 26.8 Å². The van der Waals surface area contributed by atoms with Crippen LogP contribution in [0.15, 0.2) is 24.3 Å². The number of carbonyl (C=O) groups excluding carboxylic acids is 1. The Kier molecular flexibility index (Phi) is 4.97. The molecule has 2 unspecified atom stereocenters. The molecule has 1 aromatic rings. The third-order valence-electron chi connectivity index (χ3n) is 2.54. The standard InChI is InChI=1S/C13H19NO3/c1-4-17-13(16)10(3)14-9(2)11-7-5-6-8-12(11)15/h5-10,14-15H,4H2,1-3H3. The van der Waals surface area contributed by atoms with E-state index in [2.05, 4.69) is 5.32 Å². The van der Waals surface area contributed by atoms with Crippen molar-refractivity contribution in [3.63, 3.8) is 0 Å². The second-order valence-corrected chi connectivity index (χ2v) is 3.92. The lowest BCUT2D eigenvalue weighted by molar-refractivity contribution is -0.145. The molecule has 0 saturated heterocycles. The highest BCUT2D eigenvalue weighted by atomic mass is 16.5. The number of benzene rings is 1. The topological polar surface area (TPSA) is 58.6 Å². The van der Waals surface area contributed by atoms with E-state index >= 15 is 0 Å². The normalized spacial score (nSPS) is 14.1. The minimum absolute atomic E-state index is 0.115. The van der Waals surface area contributed by atoms with Crippen LogP contribution in [0.4, 0.5) is 0 Å². The quantitative estimate of drug-likeness (QED) is 0.769. The van der Waals surface area contributed by atoms with Crippen LogP contribution in [0, 0.1) is 0 Å². The monoisotopic (exact) mass is 237 g/mol. The number of aromatic hydroxyl groups is 1. The highest BCUT2D eigenvalue weighted by molar-refractivity contribution is 5.75. The van der Waals surface area contributed by atoms with Crippen molar-refractivity contribution in [3.8, 4) is 5.75 Å². The lowest BCUT2D eigenvalue weighted by Gasteiger charge is -2.19. The van der Waals surface area contributed by atoms with Crippen molar-refractivity contribution in [1.82, 2.24) is 5.32 Å². The molecule has 0 heterocycles. The molecule has 0 aliphatic heterocycles. The number of phenolic OH excluding ortho intramolecular Hbond substituents is 1. The summed E-state index contributed by atoms with van der Waals surface area (Å²) in [6.07, 6.45) is 0. The van der Waals surface area contributed by atoms with Crippen molar-refractivity contribution in [2.75, 3.05) is 6.61 Å². The molecule has 0 aromatic heterocycles. The second kappa shape index (κ2) is 6.25. The second-order valence-electron chi connectivity index (χ2n) is 3.92. The largest absolute Gasteiger partial charge is 0.508 e. The fourth-order valence-electron chi connectivity index (χ4n) is 1.65. The van der Waals surface area contributed by atoms with Gasteiger partial charge in [0.25, 0.3) is 0 Å². The van der Waals surface area contributed by atoms with Gasteiger partial charge in [0.15, 0.2) is 0 Å². The fourth-order valence-corrected chi connectivity index (χ4v) is 1.65. The summed E-state index contributed by atoms with van der Waals surface area (Å²) in [6.45, 7) is 5.78. The van der Waals surface area contributed by atoms with Crippen LogP contribution in [-0.2, 0) is 9.53 Å². The molecule has 0 amide bonds. The van der Waals surface area contributed by atoms with Crippen LogP contribution >= 0.6 is 0 Å². The molecule has 0 aliphatic carbocycles. The van der Waals surface area contributed by atoms with Crippen LogP contribution in [0.1, 0.15) is 32.4 Å². The fraction of sp³-hybridized carbons (Fsp3) is 0.462. The summed E-state index contributed by atoms with van der Waals surface area (Å²) in [5.74, 6) is -0.0571. The molecule has 0 bridgehead atoms. The number of hydrogen-bond acceptors (Lipinski definition) is 4.